The van der Waals surface area contributed by atoms with E-state index >= 15 is 0 Å². The molecule has 180 valence electrons. The van der Waals surface area contributed by atoms with E-state index in [2.05, 4.69) is 4.98 Å². The van der Waals surface area contributed by atoms with Gasteiger partial charge in [-0.05, 0) is 12.0 Å². The number of pyridine rings is 2. The van der Waals surface area contributed by atoms with Gasteiger partial charge in [0.25, 0.3) is 17.9 Å². The molecule has 0 aromatic carbocycles. The van der Waals surface area contributed by atoms with Crippen molar-refractivity contribution in [1.82, 2.24) is 9.55 Å². The van der Waals surface area contributed by atoms with Gasteiger partial charge in [-0.1, -0.05) is 13.8 Å². The summed E-state index contributed by atoms with van der Waals surface area (Å²) in [5.74, 6) is -1.12. The lowest BCUT2D eigenvalue weighted by molar-refractivity contribution is 0.0690. The molecule has 1 N–H and O–H groups in total. The van der Waals surface area contributed by atoms with E-state index in [-0.39, 0.29) is 34.7 Å². The van der Waals surface area contributed by atoms with Gasteiger partial charge < -0.3 is 24.1 Å². The molecule has 1 unspecified atom stereocenters. The Balaban J connectivity index is 2.25. The lowest BCUT2D eigenvalue weighted by Gasteiger charge is -2.32. The lowest BCUT2D eigenvalue weighted by atomic mass is 9.92. The van der Waals surface area contributed by atoms with Crippen LogP contribution in [0.15, 0.2) is 16.9 Å². The Morgan fingerprint density at radius 2 is 2.00 bits per heavy atom. The predicted octanol–water partition coefficient (Wildman–Crippen LogP) is 3.39. The SMILES string of the molecule is COCCCOc1cc2c(nc1OC)-c1c(cc(C(=O)O)c(=O)n1CC(F)F)C(C(C)C)O2. The van der Waals surface area contributed by atoms with Crippen molar-refractivity contribution >= 4 is 5.97 Å². The van der Waals surface area contributed by atoms with Crippen molar-refractivity contribution in [3.63, 3.8) is 0 Å². The maximum absolute atomic E-state index is 13.4. The largest absolute Gasteiger partial charge is 0.488 e. The standard InChI is InChI=1S/C22H26F2N2O7/c1-11(2)19-12-8-13(22(28)29)21(27)26(10-16(23)24)18(12)17-14(33-19)9-15(20(25-17)31-4)32-7-5-6-30-3/h8-9,11,16,19H,5-7,10H2,1-4H3,(H,28,29). The summed E-state index contributed by atoms with van der Waals surface area (Å²) in [6, 6.07) is 2.72. The molecule has 0 amide bonds. The molecule has 1 aliphatic heterocycles. The van der Waals surface area contributed by atoms with Crippen molar-refractivity contribution in [2.45, 2.75) is 39.3 Å². The number of halogens is 2. The summed E-state index contributed by atoms with van der Waals surface area (Å²) in [5, 5.41) is 9.48. The van der Waals surface area contributed by atoms with Crippen molar-refractivity contribution in [2.24, 2.45) is 5.92 Å². The van der Waals surface area contributed by atoms with Gasteiger partial charge in [-0.15, -0.1) is 0 Å². The van der Waals surface area contributed by atoms with E-state index in [1.54, 1.807) is 7.11 Å². The third kappa shape index (κ3) is 4.92. The van der Waals surface area contributed by atoms with Crippen LogP contribution in [0.4, 0.5) is 8.78 Å². The number of aromatic nitrogens is 2. The van der Waals surface area contributed by atoms with E-state index in [1.165, 1.54) is 19.2 Å². The van der Waals surface area contributed by atoms with E-state index < -0.39 is 36.2 Å². The molecule has 3 heterocycles. The molecule has 3 rings (SSSR count). The van der Waals surface area contributed by atoms with Gasteiger partial charge in [0.15, 0.2) is 11.5 Å². The highest BCUT2D eigenvalue weighted by Crippen LogP contribution is 2.47. The van der Waals surface area contributed by atoms with E-state index in [0.29, 0.717) is 25.2 Å². The fraction of sp³-hybridized carbons (Fsp3) is 0.500. The Bertz CT molecular complexity index is 1090. The average Bonchev–Trinajstić information content (AvgIpc) is 2.76. The summed E-state index contributed by atoms with van der Waals surface area (Å²) in [6.07, 6.45) is -2.99. The zero-order valence-corrected chi connectivity index (χ0v) is 18.8. The van der Waals surface area contributed by atoms with Crippen LogP contribution in [0, 0.1) is 5.92 Å². The molecule has 2 aromatic rings. The number of carbonyl (C=O) groups is 1. The van der Waals surface area contributed by atoms with Crippen LogP contribution in [0.1, 0.15) is 42.3 Å². The number of carboxylic acid groups (broad SMARTS) is 1. The Labute approximate surface area is 188 Å². The normalized spacial score (nSPS) is 14.6. The van der Waals surface area contributed by atoms with Gasteiger partial charge in [-0.25, -0.2) is 18.6 Å². The second-order valence-corrected chi connectivity index (χ2v) is 7.79. The number of rotatable bonds is 10. The molecule has 0 aliphatic carbocycles. The number of carboxylic acids is 1. The van der Waals surface area contributed by atoms with Crippen LogP contribution in [0.3, 0.4) is 0 Å². The van der Waals surface area contributed by atoms with E-state index in [4.69, 9.17) is 18.9 Å². The van der Waals surface area contributed by atoms with Crippen LogP contribution in [0.2, 0.25) is 0 Å². The molecule has 0 bridgehead atoms. The minimum absolute atomic E-state index is 0.0714. The number of hydrogen-bond donors (Lipinski definition) is 1. The number of hydrogen-bond acceptors (Lipinski definition) is 7. The highest BCUT2D eigenvalue weighted by atomic mass is 19.3. The summed E-state index contributed by atoms with van der Waals surface area (Å²) < 4.78 is 49.8. The Morgan fingerprint density at radius 3 is 2.58 bits per heavy atom. The minimum atomic E-state index is -2.90. The molecule has 1 atom stereocenters. The van der Waals surface area contributed by atoms with Gasteiger partial charge in [-0.3, -0.25) is 9.36 Å². The zero-order chi connectivity index (χ0) is 24.3. The van der Waals surface area contributed by atoms with E-state index in [0.717, 1.165) is 4.57 Å². The number of alkyl halides is 2. The van der Waals surface area contributed by atoms with Crippen molar-refractivity contribution in [1.29, 1.82) is 0 Å². The summed E-state index contributed by atoms with van der Waals surface area (Å²) >= 11 is 0. The van der Waals surface area contributed by atoms with Crippen molar-refractivity contribution in [2.75, 3.05) is 27.4 Å². The van der Waals surface area contributed by atoms with Gasteiger partial charge in [0, 0.05) is 31.8 Å². The Kier molecular flexibility index (Phi) is 7.52. The summed E-state index contributed by atoms with van der Waals surface area (Å²) in [6.45, 7) is 3.48. The molecular weight excluding hydrogens is 442 g/mol. The van der Waals surface area contributed by atoms with E-state index in [1.807, 2.05) is 13.8 Å². The highest BCUT2D eigenvalue weighted by Gasteiger charge is 2.36. The van der Waals surface area contributed by atoms with Crippen LogP contribution in [0.25, 0.3) is 11.4 Å². The highest BCUT2D eigenvalue weighted by molar-refractivity contribution is 5.88. The third-order valence-electron chi connectivity index (χ3n) is 5.12. The first-order chi connectivity index (χ1) is 15.7. The van der Waals surface area contributed by atoms with Gasteiger partial charge in [0.1, 0.15) is 17.4 Å². The van der Waals surface area contributed by atoms with Gasteiger partial charge in [0.05, 0.1) is 26.0 Å². The minimum Gasteiger partial charge on any atom is -0.488 e. The smallest absolute Gasteiger partial charge is 0.341 e. The fourth-order valence-corrected chi connectivity index (χ4v) is 3.69. The molecule has 0 saturated heterocycles. The third-order valence-corrected chi connectivity index (χ3v) is 5.12. The predicted molar refractivity (Wildman–Crippen MR) is 114 cm³/mol. The summed E-state index contributed by atoms with van der Waals surface area (Å²) in [7, 11) is 2.95. The zero-order valence-electron chi connectivity index (χ0n) is 18.8. The quantitative estimate of drug-likeness (QED) is 0.529. The molecule has 1 aliphatic rings. The number of fused-ring (bicyclic) bond motifs is 3. The first-order valence-corrected chi connectivity index (χ1v) is 10.4. The van der Waals surface area contributed by atoms with Gasteiger partial charge in [-0.2, -0.15) is 0 Å². The number of ether oxygens (including phenoxy) is 4. The Hall–Kier alpha value is -3.21. The van der Waals surface area contributed by atoms with Gasteiger partial charge in [0.2, 0.25) is 0 Å². The van der Waals surface area contributed by atoms with Crippen LogP contribution in [0.5, 0.6) is 17.4 Å². The average molecular weight is 468 g/mol. The second-order valence-electron chi connectivity index (χ2n) is 7.79. The molecule has 2 aromatic heterocycles. The molecule has 0 spiro atoms. The summed E-state index contributed by atoms with van der Waals surface area (Å²) in [4.78, 5) is 28.9. The molecule has 0 saturated carbocycles. The van der Waals surface area contributed by atoms with E-state index in [9.17, 15) is 23.5 Å². The molecule has 0 radical (unpaired) electrons. The fourth-order valence-electron chi connectivity index (χ4n) is 3.69. The van der Waals surface area contributed by atoms with Crippen molar-refractivity contribution < 1.29 is 37.6 Å². The first kappa shape index (κ1) is 24.4. The van der Waals surface area contributed by atoms with Crippen molar-refractivity contribution in [3.05, 3.63) is 33.6 Å². The number of methoxy groups -OCH3 is 2. The first-order valence-electron chi connectivity index (χ1n) is 10.4. The molecule has 11 heteroatoms. The second kappa shape index (κ2) is 10.2. The Morgan fingerprint density at radius 1 is 1.27 bits per heavy atom. The molecule has 0 fully saturated rings. The molecule has 33 heavy (non-hydrogen) atoms. The maximum Gasteiger partial charge on any atom is 0.341 e. The summed E-state index contributed by atoms with van der Waals surface area (Å²) in [5.41, 5.74) is -1.19. The van der Waals surface area contributed by atoms with Crippen LogP contribution < -0.4 is 19.8 Å². The maximum atomic E-state index is 13.4. The van der Waals surface area contributed by atoms with Crippen LogP contribution in [-0.2, 0) is 11.3 Å². The monoisotopic (exact) mass is 468 g/mol. The lowest BCUT2D eigenvalue weighted by Crippen LogP contribution is -2.34. The van der Waals surface area contributed by atoms with Crippen LogP contribution >= 0.6 is 0 Å². The topological polar surface area (TPSA) is 109 Å². The molecular formula is C22H26F2N2O7. The number of nitrogens with zero attached hydrogens (tertiary/aromatic N) is 2. The van der Waals surface area contributed by atoms with Crippen LogP contribution in [-0.4, -0.2) is 54.5 Å². The van der Waals surface area contributed by atoms with Crippen molar-refractivity contribution in [3.8, 4) is 28.8 Å². The van der Waals surface area contributed by atoms with Gasteiger partial charge >= 0.3 is 5.97 Å². The number of aromatic carboxylic acids is 1. The molecule has 9 nitrogen and oxygen atoms in total.